The molecule has 2 rings (SSSR count). The number of aryl methyl sites for hydroxylation is 1. The second kappa shape index (κ2) is 6.52. The maximum Gasteiger partial charge on any atom is 0.324 e. The van der Waals surface area contributed by atoms with Crippen LogP contribution in [0.15, 0.2) is 16.5 Å². The number of furan rings is 1. The Morgan fingerprint density at radius 1 is 1.45 bits per heavy atom. The molecule has 1 aromatic heterocycles. The Hall–Kier alpha value is -1.82. The minimum absolute atomic E-state index is 0.0950. The van der Waals surface area contributed by atoms with Crippen LogP contribution >= 0.6 is 0 Å². The third kappa shape index (κ3) is 3.68. The zero-order chi connectivity index (χ0) is 16.3. The molecule has 1 saturated heterocycles. The lowest BCUT2D eigenvalue weighted by atomic mass is 9.85. The first kappa shape index (κ1) is 16.5. The second-order valence-electron chi connectivity index (χ2n) is 6.61. The van der Waals surface area contributed by atoms with Crippen LogP contribution < -0.4 is 10.6 Å². The summed E-state index contributed by atoms with van der Waals surface area (Å²) in [6.45, 7) is 9.37. The molecule has 0 saturated carbocycles. The molecule has 2 heterocycles. The zero-order valence-corrected chi connectivity index (χ0v) is 13.7. The second-order valence-corrected chi connectivity index (χ2v) is 6.61. The summed E-state index contributed by atoms with van der Waals surface area (Å²) in [5, 5.41) is 5.88. The van der Waals surface area contributed by atoms with Crippen LogP contribution in [0.3, 0.4) is 0 Å². The SMILES string of the molecule is CCc1ccc([C@@H](NCC(=O)N2CCNC2=O)C(C)(C)C)o1. The minimum atomic E-state index is -0.314. The number of hydrogen-bond acceptors (Lipinski definition) is 4. The largest absolute Gasteiger partial charge is 0.464 e. The highest BCUT2D eigenvalue weighted by molar-refractivity contribution is 5.96. The highest BCUT2D eigenvalue weighted by atomic mass is 16.3. The molecule has 1 fully saturated rings. The molecule has 0 unspecified atom stereocenters. The molecule has 0 aromatic carbocycles. The van der Waals surface area contributed by atoms with E-state index in [2.05, 4.69) is 31.4 Å². The first-order valence-corrected chi connectivity index (χ1v) is 7.73. The summed E-state index contributed by atoms with van der Waals surface area (Å²) in [7, 11) is 0. The number of carbonyl (C=O) groups excluding carboxylic acids is 2. The van der Waals surface area contributed by atoms with Gasteiger partial charge < -0.3 is 9.73 Å². The zero-order valence-electron chi connectivity index (χ0n) is 13.7. The highest BCUT2D eigenvalue weighted by Gasteiger charge is 2.31. The molecule has 3 amide bonds. The van der Waals surface area contributed by atoms with Gasteiger partial charge in [0, 0.05) is 19.5 Å². The van der Waals surface area contributed by atoms with Gasteiger partial charge >= 0.3 is 6.03 Å². The molecule has 0 bridgehead atoms. The topological polar surface area (TPSA) is 74.6 Å². The first-order chi connectivity index (χ1) is 10.3. The third-order valence-electron chi connectivity index (χ3n) is 3.80. The van der Waals surface area contributed by atoms with E-state index in [1.807, 2.05) is 19.1 Å². The Morgan fingerprint density at radius 3 is 2.68 bits per heavy atom. The Kier molecular flexibility index (Phi) is 4.90. The van der Waals surface area contributed by atoms with Crippen LogP contribution in [0.4, 0.5) is 4.79 Å². The summed E-state index contributed by atoms with van der Waals surface area (Å²) in [6.07, 6.45) is 0.837. The molecule has 6 nitrogen and oxygen atoms in total. The smallest absolute Gasteiger partial charge is 0.324 e. The van der Waals surface area contributed by atoms with Gasteiger partial charge in [-0.15, -0.1) is 0 Å². The molecule has 1 aliphatic heterocycles. The van der Waals surface area contributed by atoms with Crippen LogP contribution in [0.2, 0.25) is 0 Å². The molecule has 1 aliphatic rings. The molecule has 1 aromatic rings. The molecule has 122 valence electrons. The first-order valence-electron chi connectivity index (χ1n) is 7.73. The average Bonchev–Trinajstić information content (AvgIpc) is 3.06. The van der Waals surface area contributed by atoms with E-state index in [0.717, 1.165) is 17.9 Å². The van der Waals surface area contributed by atoms with Crippen molar-refractivity contribution in [2.75, 3.05) is 19.6 Å². The number of nitrogens with zero attached hydrogens (tertiary/aromatic N) is 1. The van der Waals surface area contributed by atoms with Crippen molar-refractivity contribution >= 4 is 11.9 Å². The van der Waals surface area contributed by atoms with Crippen LogP contribution in [0.1, 0.15) is 45.3 Å². The van der Waals surface area contributed by atoms with E-state index in [0.29, 0.717) is 13.1 Å². The fraction of sp³-hybridized carbons (Fsp3) is 0.625. The summed E-state index contributed by atoms with van der Waals surface area (Å²) in [5.74, 6) is 1.53. The Bertz CT molecular complexity index is 545. The van der Waals surface area contributed by atoms with Crippen LogP contribution in [0.5, 0.6) is 0 Å². The van der Waals surface area contributed by atoms with Gasteiger partial charge in [0.2, 0.25) is 5.91 Å². The van der Waals surface area contributed by atoms with Gasteiger partial charge in [-0.3, -0.25) is 15.0 Å². The van der Waals surface area contributed by atoms with E-state index in [-0.39, 0.29) is 29.9 Å². The summed E-state index contributed by atoms with van der Waals surface area (Å²) in [4.78, 5) is 24.9. The fourth-order valence-electron chi connectivity index (χ4n) is 2.57. The van der Waals surface area contributed by atoms with Crippen molar-refractivity contribution in [2.24, 2.45) is 5.41 Å². The van der Waals surface area contributed by atoms with Crippen LogP contribution in [0, 0.1) is 5.41 Å². The molecule has 22 heavy (non-hydrogen) atoms. The Morgan fingerprint density at radius 2 is 2.18 bits per heavy atom. The number of hydrogen-bond donors (Lipinski definition) is 2. The normalized spacial score (nSPS) is 16.7. The maximum atomic E-state index is 12.2. The molecule has 0 aliphatic carbocycles. The van der Waals surface area contributed by atoms with Crippen LogP contribution in [-0.4, -0.2) is 36.5 Å². The van der Waals surface area contributed by atoms with Crippen molar-refractivity contribution in [3.63, 3.8) is 0 Å². The fourth-order valence-corrected chi connectivity index (χ4v) is 2.57. The lowest BCUT2D eigenvalue weighted by Crippen LogP contribution is -2.43. The van der Waals surface area contributed by atoms with E-state index in [9.17, 15) is 9.59 Å². The van der Waals surface area contributed by atoms with Crippen molar-refractivity contribution in [3.05, 3.63) is 23.7 Å². The highest BCUT2D eigenvalue weighted by Crippen LogP contribution is 2.33. The predicted octanol–water partition coefficient (Wildman–Crippen LogP) is 2.07. The summed E-state index contributed by atoms with van der Waals surface area (Å²) in [6, 6.07) is 3.51. The molecular weight excluding hydrogens is 282 g/mol. The average molecular weight is 307 g/mol. The van der Waals surface area contributed by atoms with Gasteiger partial charge in [0.25, 0.3) is 0 Å². The van der Waals surface area contributed by atoms with Crippen molar-refractivity contribution in [2.45, 2.75) is 40.2 Å². The molecule has 0 radical (unpaired) electrons. The monoisotopic (exact) mass is 307 g/mol. The van der Waals surface area contributed by atoms with E-state index in [1.54, 1.807) is 0 Å². The van der Waals surface area contributed by atoms with Gasteiger partial charge in [0.15, 0.2) is 0 Å². The van der Waals surface area contributed by atoms with Crippen LogP contribution in [-0.2, 0) is 11.2 Å². The van der Waals surface area contributed by atoms with Gasteiger partial charge in [-0.25, -0.2) is 4.79 Å². The number of rotatable bonds is 5. The number of imide groups is 1. The Balaban J connectivity index is 2.04. The van der Waals surface area contributed by atoms with Crippen LogP contribution in [0.25, 0.3) is 0 Å². The van der Waals surface area contributed by atoms with Gasteiger partial charge in [-0.2, -0.15) is 0 Å². The molecule has 2 N–H and O–H groups in total. The van der Waals surface area contributed by atoms with Gasteiger partial charge in [0.05, 0.1) is 12.6 Å². The molecule has 6 heteroatoms. The molecular formula is C16H25N3O3. The lowest BCUT2D eigenvalue weighted by molar-refractivity contribution is -0.126. The number of urea groups is 1. The standard InChI is InChI=1S/C16H25N3O3/c1-5-11-6-7-12(22-11)14(16(2,3)4)18-10-13(20)19-9-8-17-15(19)21/h6-7,14,18H,5,8-10H2,1-4H3,(H,17,21)/t14-/m1/s1. The van der Waals surface area contributed by atoms with Crippen molar-refractivity contribution in [1.82, 2.24) is 15.5 Å². The quantitative estimate of drug-likeness (QED) is 0.873. The summed E-state index contributed by atoms with van der Waals surface area (Å²) in [5.41, 5.74) is -0.115. The lowest BCUT2D eigenvalue weighted by Gasteiger charge is -2.30. The number of nitrogens with one attached hydrogen (secondary N) is 2. The van der Waals surface area contributed by atoms with E-state index in [4.69, 9.17) is 4.42 Å². The van der Waals surface area contributed by atoms with E-state index < -0.39 is 0 Å². The van der Waals surface area contributed by atoms with Gasteiger partial charge in [0.1, 0.15) is 11.5 Å². The van der Waals surface area contributed by atoms with Crippen molar-refractivity contribution in [1.29, 1.82) is 0 Å². The summed E-state index contributed by atoms with van der Waals surface area (Å²) >= 11 is 0. The van der Waals surface area contributed by atoms with Crippen molar-refractivity contribution < 1.29 is 14.0 Å². The molecule has 1 atom stereocenters. The number of amides is 3. The predicted molar refractivity (Wildman–Crippen MR) is 83.4 cm³/mol. The van der Waals surface area contributed by atoms with E-state index >= 15 is 0 Å². The third-order valence-corrected chi connectivity index (χ3v) is 3.80. The summed E-state index contributed by atoms with van der Waals surface area (Å²) < 4.78 is 5.83. The maximum absolute atomic E-state index is 12.2. The minimum Gasteiger partial charge on any atom is -0.464 e. The van der Waals surface area contributed by atoms with Gasteiger partial charge in [-0.1, -0.05) is 27.7 Å². The number of carbonyl (C=O) groups is 2. The Labute approximate surface area is 131 Å². The van der Waals surface area contributed by atoms with E-state index in [1.165, 1.54) is 4.90 Å². The van der Waals surface area contributed by atoms with Crippen molar-refractivity contribution in [3.8, 4) is 0 Å². The van der Waals surface area contributed by atoms with Gasteiger partial charge in [-0.05, 0) is 17.5 Å². The molecule has 0 spiro atoms.